The molecule has 5 rings (SSSR count). The number of pyridine rings is 1. The highest BCUT2D eigenvalue weighted by Gasteiger charge is 2.40. The standard InChI is InChI=1S/C28H31F5N6O2/c1-16-10-20(13-34-12-16)26(41)38-25(18-4-7-27(29,30)8-5-18)21-15-39-22(36-21)11-19(14-35-39)24(17-2-3-17)37-23(40)6-9-28(31,32)33/h10-15,17-18,24-25H,2-9H2,1H3,(H,37,40)(H,38,41)/t24-,25+/m1/s1. The molecule has 2 atom stereocenters. The van der Waals surface area contributed by atoms with E-state index in [0.29, 0.717) is 22.5 Å². The highest BCUT2D eigenvalue weighted by molar-refractivity contribution is 5.94. The van der Waals surface area contributed by atoms with Gasteiger partial charge in [-0.25, -0.2) is 18.3 Å². The molecule has 0 aliphatic heterocycles. The summed E-state index contributed by atoms with van der Waals surface area (Å²) < 4.78 is 67.2. The second-order valence-electron chi connectivity index (χ2n) is 11.2. The van der Waals surface area contributed by atoms with E-state index in [2.05, 4.69) is 25.7 Å². The zero-order valence-corrected chi connectivity index (χ0v) is 22.4. The molecule has 2 amide bonds. The fourth-order valence-corrected chi connectivity index (χ4v) is 5.37. The first kappa shape index (κ1) is 28.9. The number of halogens is 5. The lowest BCUT2D eigenvalue weighted by Gasteiger charge is -2.33. The molecule has 3 heterocycles. The van der Waals surface area contributed by atoms with E-state index in [1.165, 1.54) is 10.7 Å². The summed E-state index contributed by atoms with van der Waals surface area (Å²) in [6.07, 6.45) is 1.42. The normalized spacial score (nSPS) is 19.1. The van der Waals surface area contributed by atoms with Crippen molar-refractivity contribution in [3.05, 3.63) is 59.3 Å². The van der Waals surface area contributed by atoms with Crippen LogP contribution in [0.25, 0.3) is 5.65 Å². The van der Waals surface area contributed by atoms with E-state index in [-0.39, 0.29) is 37.5 Å². The maximum Gasteiger partial charge on any atom is 0.389 e. The van der Waals surface area contributed by atoms with Crippen molar-refractivity contribution in [2.45, 2.75) is 82.5 Å². The van der Waals surface area contributed by atoms with Crippen LogP contribution in [0.1, 0.15) is 90.6 Å². The minimum absolute atomic E-state index is 0.0856. The molecule has 41 heavy (non-hydrogen) atoms. The monoisotopic (exact) mass is 578 g/mol. The first-order chi connectivity index (χ1) is 19.4. The third kappa shape index (κ3) is 7.36. The summed E-state index contributed by atoms with van der Waals surface area (Å²) in [4.78, 5) is 34.2. The number of nitrogens with one attached hydrogen (secondary N) is 2. The Morgan fingerprint density at radius 3 is 2.39 bits per heavy atom. The van der Waals surface area contributed by atoms with E-state index in [1.54, 1.807) is 30.7 Å². The minimum Gasteiger partial charge on any atom is -0.349 e. The molecule has 3 aromatic heterocycles. The van der Waals surface area contributed by atoms with Crippen molar-refractivity contribution in [3.8, 4) is 0 Å². The average molecular weight is 579 g/mol. The zero-order chi connectivity index (χ0) is 29.4. The average Bonchev–Trinajstić information content (AvgIpc) is 3.66. The largest absolute Gasteiger partial charge is 0.389 e. The Kier molecular flexibility index (Phi) is 7.97. The van der Waals surface area contributed by atoms with Crippen molar-refractivity contribution in [3.63, 3.8) is 0 Å². The first-order valence-corrected chi connectivity index (χ1v) is 13.7. The van der Waals surface area contributed by atoms with E-state index in [4.69, 9.17) is 0 Å². The Hall–Kier alpha value is -3.64. The summed E-state index contributed by atoms with van der Waals surface area (Å²) in [5, 5.41) is 10.1. The van der Waals surface area contributed by atoms with Crippen molar-refractivity contribution < 1.29 is 31.5 Å². The smallest absolute Gasteiger partial charge is 0.349 e. The van der Waals surface area contributed by atoms with Crippen LogP contribution in [0.5, 0.6) is 0 Å². The molecule has 13 heteroatoms. The molecule has 2 aliphatic rings. The molecule has 3 aromatic rings. The van der Waals surface area contributed by atoms with Crippen molar-refractivity contribution in [1.82, 2.24) is 30.2 Å². The van der Waals surface area contributed by atoms with Gasteiger partial charge in [-0.15, -0.1) is 0 Å². The molecule has 0 aromatic carbocycles. The zero-order valence-electron chi connectivity index (χ0n) is 22.4. The number of carbonyl (C=O) groups excluding carboxylic acids is 2. The number of aryl methyl sites for hydroxylation is 1. The molecule has 0 radical (unpaired) electrons. The Morgan fingerprint density at radius 1 is 1.02 bits per heavy atom. The van der Waals surface area contributed by atoms with Gasteiger partial charge in [0, 0.05) is 31.7 Å². The van der Waals surface area contributed by atoms with Crippen LogP contribution < -0.4 is 10.6 Å². The number of rotatable bonds is 9. The fraction of sp³-hybridized carbons (Fsp3) is 0.536. The topological polar surface area (TPSA) is 101 Å². The summed E-state index contributed by atoms with van der Waals surface area (Å²) in [6.45, 7) is 1.81. The minimum atomic E-state index is -4.42. The Balaban J connectivity index is 1.39. The SMILES string of the molecule is Cc1cncc(C(=O)N[C@H](c2cn3ncc([C@H](NC(=O)CCC(F)(F)F)C4CC4)cc3n2)C2CCC(F)(F)CC2)c1. The van der Waals surface area contributed by atoms with Gasteiger partial charge in [-0.1, -0.05) is 0 Å². The van der Waals surface area contributed by atoms with Gasteiger partial charge in [0.25, 0.3) is 5.91 Å². The molecular weight excluding hydrogens is 547 g/mol. The molecule has 8 nitrogen and oxygen atoms in total. The number of fused-ring (bicyclic) bond motifs is 1. The Morgan fingerprint density at radius 2 is 1.73 bits per heavy atom. The van der Waals surface area contributed by atoms with Crippen LogP contribution in [0, 0.1) is 18.8 Å². The van der Waals surface area contributed by atoms with E-state index < -0.39 is 48.8 Å². The number of hydrogen-bond donors (Lipinski definition) is 2. The molecule has 0 bridgehead atoms. The summed E-state index contributed by atoms with van der Waals surface area (Å²) in [5.74, 6) is -4.03. The van der Waals surface area contributed by atoms with E-state index in [1.807, 2.05) is 6.92 Å². The number of aromatic nitrogens is 4. The van der Waals surface area contributed by atoms with E-state index in [9.17, 15) is 31.5 Å². The van der Waals surface area contributed by atoms with Crippen LogP contribution >= 0.6 is 0 Å². The van der Waals surface area contributed by atoms with Crippen LogP contribution in [-0.2, 0) is 4.79 Å². The molecule has 220 valence electrons. The number of carbonyl (C=O) groups is 2. The molecule has 0 spiro atoms. The summed E-state index contributed by atoms with van der Waals surface area (Å²) in [6, 6.07) is 2.23. The molecule has 2 fully saturated rings. The van der Waals surface area contributed by atoms with Crippen molar-refractivity contribution in [1.29, 1.82) is 0 Å². The van der Waals surface area contributed by atoms with Crippen molar-refractivity contribution in [2.75, 3.05) is 0 Å². The van der Waals surface area contributed by atoms with Crippen LogP contribution in [0.4, 0.5) is 22.0 Å². The van der Waals surface area contributed by atoms with Crippen molar-refractivity contribution >= 4 is 17.5 Å². The predicted octanol–water partition coefficient (Wildman–Crippen LogP) is 5.64. The third-order valence-corrected chi connectivity index (χ3v) is 7.74. The Labute approximate surface area is 233 Å². The molecule has 2 saturated carbocycles. The number of nitrogens with zero attached hydrogens (tertiary/aromatic N) is 4. The quantitative estimate of drug-likeness (QED) is 0.320. The van der Waals surface area contributed by atoms with Gasteiger partial charge in [-0.2, -0.15) is 18.3 Å². The van der Waals surface area contributed by atoms with Crippen LogP contribution in [0.3, 0.4) is 0 Å². The van der Waals surface area contributed by atoms with Gasteiger partial charge in [-0.3, -0.25) is 14.6 Å². The van der Waals surface area contributed by atoms with Gasteiger partial charge < -0.3 is 10.6 Å². The second kappa shape index (κ2) is 11.3. The second-order valence-corrected chi connectivity index (χ2v) is 11.2. The molecule has 2 aliphatic carbocycles. The summed E-state index contributed by atoms with van der Waals surface area (Å²) in [5.41, 5.74) is 2.61. The highest BCUT2D eigenvalue weighted by Crippen LogP contribution is 2.43. The lowest BCUT2D eigenvalue weighted by atomic mass is 9.81. The molecule has 0 unspecified atom stereocenters. The number of hydrogen-bond acceptors (Lipinski definition) is 5. The van der Waals surface area contributed by atoms with Crippen LogP contribution in [0.2, 0.25) is 0 Å². The number of amides is 2. The van der Waals surface area contributed by atoms with E-state index in [0.717, 1.165) is 18.4 Å². The summed E-state index contributed by atoms with van der Waals surface area (Å²) in [7, 11) is 0. The van der Waals surface area contributed by atoms with Crippen molar-refractivity contribution in [2.24, 2.45) is 11.8 Å². The molecule has 0 saturated heterocycles. The molecule has 2 N–H and O–H groups in total. The number of imidazole rings is 1. The first-order valence-electron chi connectivity index (χ1n) is 13.7. The van der Waals surface area contributed by atoms with Gasteiger partial charge in [-0.05, 0) is 67.7 Å². The fourth-order valence-electron chi connectivity index (χ4n) is 5.37. The summed E-state index contributed by atoms with van der Waals surface area (Å²) >= 11 is 0. The van der Waals surface area contributed by atoms with Gasteiger partial charge >= 0.3 is 6.18 Å². The maximum absolute atomic E-state index is 14.0. The van der Waals surface area contributed by atoms with Crippen LogP contribution in [0.15, 0.2) is 36.9 Å². The third-order valence-electron chi connectivity index (χ3n) is 7.74. The van der Waals surface area contributed by atoms with Gasteiger partial charge in [0.2, 0.25) is 11.8 Å². The van der Waals surface area contributed by atoms with Crippen LogP contribution in [-0.4, -0.2) is 43.5 Å². The van der Waals surface area contributed by atoms with Gasteiger partial charge in [0.05, 0.1) is 42.2 Å². The van der Waals surface area contributed by atoms with Gasteiger partial charge in [0.15, 0.2) is 5.65 Å². The maximum atomic E-state index is 14.0. The molecular formula is C28H31F5N6O2. The van der Waals surface area contributed by atoms with E-state index >= 15 is 0 Å². The lowest BCUT2D eigenvalue weighted by Crippen LogP contribution is -2.37. The predicted molar refractivity (Wildman–Crippen MR) is 138 cm³/mol. The number of alkyl halides is 5. The highest BCUT2D eigenvalue weighted by atomic mass is 19.4. The Bertz CT molecular complexity index is 1410. The lowest BCUT2D eigenvalue weighted by molar-refractivity contribution is -0.144. The van der Waals surface area contributed by atoms with Gasteiger partial charge in [0.1, 0.15) is 0 Å².